The normalized spacial score (nSPS) is 18.2. The zero-order valence-electron chi connectivity index (χ0n) is 23.1. The molecule has 0 bridgehead atoms. The second-order valence-corrected chi connectivity index (χ2v) is 10.6. The summed E-state index contributed by atoms with van der Waals surface area (Å²) in [6, 6.07) is 21.5. The smallest absolute Gasteiger partial charge is 0.257 e. The second kappa shape index (κ2) is 11.5. The maximum atomic E-state index is 4.50. The number of rotatable bonds is 2. The number of hydrogen-bond donors (Lipinski definition) is 0. The van der Waals surface area contributed by atoms with Gasteiger partial charge in [0.2, 0.25) is 0 Å². The molecule has 2 atom stereocenters. The van der Waals surface area contributed by atoms with Gasteiger partial charge in [-0.3, -0.25) is 9.97 Å². The summed E-state index contributed by atoms with van der Waals surface area (Å²) in [7, 11) is 0. The van der Waals surface area contributed by atoms with E-state index in [4.69, 9.17) is 0 Å². The van der Waals surface area contributed by atoms with Crippen molar-refractivity contribution in [3.05, 3.63) is 178 Å². The Morgan fingerprint density at radius 3 is 1.44 bits per heavy atom. The van der Waals surface area contributed by atoms with Gasteiger partial charge in [-0.2, -0.15) is 0 Å². The quantitative estimate of drug-likeness (QED) is 0.214. The number of pyridine rings is 2. The molecular weight excluding hydrogens is 576 g/mol. The van der Waals surface area contributed by atoms with Crippen molar-refractivity contribution in [1.82, 2.24) is 9.97 Å². The number of fused-ring (bicyclic) bond motifs is 6. The maximum absolute atomic E-state index is 4.50. The molecule has 0 saturated heterocycles. The van der Waals surface area contributed by atoms with E-state index in [0.29, 0.717) is 11.8 Å². The summed E-state index contributed by atoms with van der Waals surface area (Å²) in [6.45, 7) is 4.11. The van der Waals surface area contributed by atoms with Gasteiger partial charge in [0.1, 0.15) is 0 Å². The van der Waals surface area contributed by atoms with Gasteiger partial charge in [0.15, 0.2) is 0 Å². The Balaban J connectivity index is 0.000000144. The molecule has 0 N–H and O–H groups in total. The molecule has 2 aromatic carbocycles. The van der Waals surface area contributed by atoms with Crippen molar-refractivity contribution < 1.29 is 26.2 Å². The van der Waals surface area contributed by atoms with Crippen LogP contribution in [0.3, 0.4) is 0 Å². The molecule has 2 unspecified atom stereocenters. The van der Waals surface area contributed by atoms with Crippen LogP contribution in [0.1, 0.15) is 45.2 Å². The van der Waals surface area contributed by atoms with Gasteiger partial charge in [0, 0.05) is 12.4 Å². The van der Waals surface area contributed by atoms with Gasteiger partial charge in [0.25, 0.3) is 0 Å². The van der Waals surface area contributed by atoms with Crippen LogP contribution in [0.2, 0.25) is 0 Å². The Labute approximate surface area is 261 Å². The monoisotopic (exact) mass is 602 g/mol. The van der Waals surface area contributed by atoms with Gasteiger partial charge < -0.3 is 0 Å². The van der Waals surface area contributed by atoms with Crippen LogP contribution < -0.4 is 0 Å². The van der Waals surface area contributed by atoms with Crippen LogP contribution in [-0.2, 0) is 26.2 Å². The molecule has 0 saturated carbocycles. The van der Waals surface area contributed by atoms with Gasteiger partial charge in [0.05, 0.1) is 11.4 Å². The van der Waals surface area contributed by atoms with Crippen LogP contribution in [0.15, 0.2) is 133 Å². The molecule has 41 heavy (non-hydrogen) atoms. The average molecular weight is 604 g/mol. The van der Waals surface area contributed by atoms with Gasteiger partial charge in [-0.1, -0.05) is 60.7 Å². The van der Waals surface area contributed by atoms with Gasteiger partial charge in [-0.25, -0.2) is 0 Å². The Morgan fingerprint density at radius 1 is 0.561 bits per heavy atom. The molecule has 2 nitrogen and oxygen atoms in total. The predicted molar refractivity (Wildman–Crippen MR) is 163 cm³/mol. The van der Waals surface area contributed by atoms with Gasteiger partial charge in [-0.15, -0.1) is 82.0 Å². The minimum absolute atomic E-state index is 0. The van der Waals surface area contributed by atoms with Crippen molar-refractivity contribution in [2.24, 2.45) is 0 Å². The van der Waals surface area contributed by atoms with Crippen molar-refractivity contribution in [2.45, 2.75) is 25.7 Å². The van der Waals surface area contributed by atoms with Crippen molar-refractivity contribution in [2.75, 3.05) is 0 Å². The summed E-state index contributed by atoms with van der Waals surface area (Å²) >= 11 is 0. The molecule has 8 rings (SSSR count). The molecule has 194 valence electrons. The number of allylic oxidation sites excluding steroid dienone is 10. The van der Waals surface area contributed by atoms with E-state index in [2.05, 4.69) is 145 Å². The fourth-order valence-corrected chi connectivity index (χ4v) is 5.64. The summed E-state index contributed by atoms with van der Waals surface area (Å²) in [6.07, 6.45) is 28.0. The third-order valence-corrected chi connectivity index (χ3v) is 7.80. The third kappa shape index (κ3) is 5.40. The van der Waals surface area contributed by atoms with Crippen LogP contribution in [0, 0.1) is 26.0 Å². The fraction of sp³-hybridized carbons (Fsp3) is 0.105. The summed E-state index contributed by atoms with van der Waals surface area (Å²) in [5.41, 5.74) is 14.3. The predicted octanol–water partition coefficient (Wildman–Crippen LogP) is 8.71. The topological polar surface area (TPSA) is 25.8 Å². The van der Waals surface area contributed by atoms with E-state index in [1.54, 1.807) is 0 Å². The second-order valence-electron chi connectivity index (χ2n) is 10.6. The van der Waals surface area contributed by atoms with Crippen LogP contribution in [-0.4, -0.2) is 9.97 Å². The van der Waals surface area contributed by atoms with E-state index in [0.717, 1.165) is 22.5 Å². The molecule has 0 radical (unpaired) electrons. The summed E-state index contributed by atoms with van der Waals surface area (Å²) in [5.74, 6) is 0.769. The molecule has 0 fully saturated rings. The zero-order chi connectivity index (χ0) is 27.1. The molecule has 4 aliphatic rings. The summed E-state index contributed by atoms with van der Waals surface area (Å²) in [4.78, 5) is 9.00. The average Bonchev–Trinajstić information content (AvgIpc) is 3.55. The van der Waals surface area contributed by atoms with E-state index in [1.165, 1.54) is 44.5 Å². The first-order valence-electron chi connectivity index (χ1n) is 13.7. The largest absolute Gasteiger partial charge is 2.00 e. The Morgan fingerprint density at radius 2 is 1.02 bits per heavy atom. The molecule has 4 aromatic rings. The van der Waals surface area contributed by atoms with Gasteiger partial charge in [-0.05, 0) is 60.1 Å². The molecule has 4 aliphatic carbocycles. The molecule has 0 amide bonds. The summed E-state index contributed by atoms with van der Waals surface area (Å²) in [5, 5.41) is 0. The Hall–Kier alpha value is -3.94. The molecule has 2 heterocycles. The van der Waals surface area contributed by atoms with Crippen molar-refractivity contribution in [1.29, 1.82) is 0 Å². The minimum Gasteiger partial charge on any atom is -0.257 e. The zero-order valence-corrected chi connectivity index (χ0v) is 25.6. The van der Waals surface area contributed by atoms with Crippen LogP contribution in [0.4, 0.5) is 0 Å². The van der Waals surface area contributed by atoms with Crippen LogP contribution in [0.5, 0.6) is 0 Å². The fourth-order valence-electron chi connectivity index (χ4n) is 5.64. The van der Waals surface area contributed by atoms with Gasteiger partial charge >= 0.3 is 26.2 Å². The molecular formula is C38H28N2Zr. The van der Waals surface area contributed by atoms with E-state index in [1.807, 2.05) is 12.4 Å². The number of hydrogen-bond acceptors (Lipinski definition) is 2. The van der Waals surface area contributed by atoms with E-state index >= 15 is 0 Å². The van der Waals surface area contributed by atoms with Crippen LogP contribution >= 0.6 is 0 Å². The Kier molecular flexibility index (Phi) is 7.65. The maximum Gasteiger partial charge on any atom is 2.00 e. The van der Waals surface area contributed by atoms with E-state index < -0.39 is 0 Å². The molecule has 0 spiro atoms. The number of aromatic nitrogens is 2. The van der Waals surface area contributed by atoms with Crippen molar-refractivity contribution >= 4 is 0 Å². The van der Waals surface area contributed by atoms with Crippen LogP contribution in [0.25, 0.3) is 22.5 Å². The van der Waals surface area contributed by atoms with Crippen molar-refractivity contribution in [3.8, 4) is 22.5 Å². The first kappa shape index (κ1) is 27.2. The van der Waals surface area contributed by atoms with E-state index in [-0.39, 0.29) is 26.2 Å². The van der Waals surface area contributed by atoms with E-state index in [9.17, 15) is 0 Å². The third-order valence-electron chi connectivity index (χ3n) is 7.80. The first-order chi connectivity index (χ1) is 19.6. The number of nitrogens with zero attached hydrogens (tertiary/aromatic N) is 2. The number of benzene rings is 2. The molecule has 2 aromatic heterocycles. The molecule has 0 aliphatic heterocycles. The molecule has 3 heteroatoms. The number of aryl methyl sites for hydroxylation is 2. The standard InChI is InChI=1S/2C19H14N.Zr/c2*1-13-6-9-19(20-12-13)15-7-8-18-16(11-15)10-14-4-2-3-5-17(14)18;/h2*2-9,11-12,17H,1H3;/q2*-1;+2. The minimum atomic E-state index is 0. The van der Waals surface area contributed by atoms with Crippen molar-refractivity contribution in [3.63, 3.8) is 0 Å². The first-order valence-corrected chi connectivity index (χ1v) is 13.7. The SMILES string of the molecule is Cc1ccc(-c2ccc3c(c2)[C-]=C2C=CC=CC23)nc1.Cc1ccc(-c2ccc3c(c2)[C-]=C2C=CC=CC23)nc1.[Zr+2]. The summed E-state index contributed by atoms with van der Waals surface area (Å²) < 4.78 is 0. The Bertz CT molecular complexity index is 1660.